The zero-order valence-electron chi connectivity index (χ0n) is 9.66. The first-order valence-corrected chi connectivity index (χ1v) is 6.42. The zero-order valence-corrected chi connectivity index (χ0v) is 9.66. The van der Waals surface area contributed by atoms with Crippen LogP contribution in [0.1, 0.15) is 32.1 Å². The Morgan fingerprint density at radius 1 is 1.13 bits per heavy atom. The SMILES string of the molecule is NCCCOCC1CCN(C2CC2)CC1. The molecule has 3 heteroatoms. The first-order valence-electron chi connectivity index (χ1n) is 6.42. The average Bonchev–Trinajstić information content (AvgIpc) is 3.09. The summed E-state index contributed by atoms with van der Waals surface area (Å²) >= 11 is 0. The van der Waals surface area contributed by atoms with E-state index in [0.29, 0.717) is 0 Å². The van der Waals surface area contributed by atoms with Crippen molar-refractivity contribution in [3.8, 4) is 0 Å². The molecule has 0 amide bonds. The molecule has 0 spiro atoms. The summed E-state index contributed by atoms with van der Waals surface area (Å²) < 4.78 is 5.63. The van der Waals surface area contributed by atoms with Crippen molar-refractivity contribution >= 4 is 0 Å². The molecular formula is C12H24N2O. The van der Waals surface area contributed by atoms with Gasteiger partial charge in [-0.2, -0.15) is 0 Å². The van der Waals surface area contributed by atoms with Crippen molar-refractivity contribution in [2.75, 3.05) is 32.8 Å². The number of likely N-dealkylation sites (tertiary alicyclic amines) is 1. The van der Waals surface area contributed by atoms with Crippen LogP contribution in [0, 0.1) is 5.92 Å². The highest BCUT2D eigenvalue weighted by molar-refractivity contribution is 4.87. The van der Waals surface area contributed by atoms with Gasteiger partial charge in [-0.1, -0.05) is 0 Å². The Balaban J connectivity index is 1.53. The van der Waals surface area contributed by atoms with Crippen molar-refractivity contribution < 1.29 is 4.74 Å². The lowest BCUT2D eigenvalue weighted by atomic mass is 9.98. The molecule has 0 atom stereocenters. The van der Waals surface area contributed by atoms with Gasteiger partial charge >= 0.3 is 0 Å². The Kier molecular flexibility index (Phi) is 4.42. The van der Waals surface area contributed by atoms with Gasteiger partial charge in [0.15, 0.2) is 0 Å². The fraction of sp³-hybridized carbons (Fsp3) is 1.00. The normalized spacial score (nSPS) is 24.6. The van der Waals surface area contributed by atoms with E-state index in [0.717, 1.165) is 38.1 Å². The first-order chi connectivity index (χ1) is 7.40. The summed E-state index contributed by atoms with van der Waals surface area (Å²) in [6.07, 6.45) is 6.55. The molecule has 2 rings (SSSR count). The minimum absolute atomic E-state index is 0.750. The van der Waals surface area contributed by atoms with Crippen molar-refractivity contribution in [2.45, 2.75) is 38.1 Å². The maximum absolute atomic E-state index is 5.63. The molecule has 1 aliphatic carbocycles. The Morgan fingerprint density at radius 3 is 2.47 bits per heavy atom. The molecule has 2 aliphatic rings. The van der Waals surface area contributed by atoms with Gasteiger partial charge in [-0.15, -0.1) is 0 Å². The summed E-state index contributed by atoms with van der Waals surface area (Å²) in [5, 5.41) is 0. The molecule has 1 aliphatic heterocycles. The fourth-order valence-corrected chi connectivity index (χ4v) is 2.36. The van der Waals surface area contributed by atoms with Gasteiger partial charge in [0.25, 0.3) is 0 Å². The standard InChI is InChI=1S/C12H24N2O/c13-6-1-9-15-10-11-4-7-14(8-5-11)12-2-3-12/h11-12H,1-10,13H2. The van der Waals surface area contributed by atoms with Crippen LogP contribution >= 0.6 is 0 Å². The lowest BCUT2D eigenvalue weighted by Crippen LogP contribution is -2.36. The monoisotopic (exact) mass is 212 g/mol. The van der Waals surface area contributed by atoms with Gasteiger partial charge in [-0.05, 0) is 57.7 Å². The molecule has 0 unspecified atom stereocenters. The lowest BCUT2D eigenvalue weighted by Gasteiger charge is -2.31. The number of hydrogen-bond acceptors (Lipinski definition) is 3. The molecule has 1 saturated heterocycles. The van der Waals surface area contributed by atoms with Gasteiger partial charge in [0.1, 0.15) is 0 Å². The van der Waals surface area contributed by atoms with Gasteiger partial charge in [-0.25, -0.2) is 0 Å². The van der Waals surface area contributed by atoms with Crippen molar-refractivity contribution in [1.29, 1.82) is 0 Å². The maximum Gasteiger partial charge on any atom is 0.0495 e. The summed E-state index contributed by atoms with van der Waals surface area (Å²) in [4.78, 5) is 2.66. The lowest BCUT2D eigenvalue weighted by molar-refractivity contribution is 0.0648. The molecule has 0 aromatic rings. The van der Waals surface area contributed by atoms with Crippen molar-refractivity contribution in [1.82, 2.24) is 4.90 Å². The minimum Gasteiger partial charge on any atom is -0.381 e. The van der Waals surface area contributed by atoms with E-state index in [1.54, 1.807) is 0 Å². The van der Waals surface area contributed by atoms with Gasteiger partial charge in [0, 0.05) is 19.3 Å². The summed E-state index contributed by atoms with van der Waals surface area (Å²) in [6.45, 7) is 5.16. The summed E-state index contributed by atoms with van der Waals surface area (Å²) in [5.41, 5.74) is 5.42. The predicted octanol–water partition coefficient (Wildman–Crippen LogP) is 1.23. The van der Waals surface area contributed by atoms with Crippen LogP contribution in [-0.4, -0.2) is 43.8 Å². The van der Waals surface area contributed by atoms with E-state index in [1.165, 1.54) is 38.8 Å². The number of piperidine rings is 1. The quantitative estimate of drug-likeness (QED) is 0.673. The van der Waals surface area contributed by atoms with Crippen LogP contribution in [0.25, 0.3) is 0 Å². The second-order valence-corrected chi connectivity index (χ2v) is 4.93. The van der Waals surface area contributed by atoms with E-state index in [-0.39, 0.29) is 0 Å². The van der Waals surface area contributed by atoms with E-state index >= 15 is 0 Å². The molecule has 0 bridgehead atoms. The predicted molar refractivity (Wildman–Crippen MR) is 61.8 cm³/mol. The zero-order chi connectivity index (χ0) is 10.5. The number of nitrogens with zero attached hydrogens (tertiary/aromatic N) is 1. The van der Waals surface area contributed by atoms with E-state index in [1.807, 2.05) is 0 Å². The van der Waals surface area contributed by atoms with Crippen LogP contribution in [0.3, 0.4) is 0 Å². The van der Waals surface area contributed by atoms with Crippen molar-refractivity contribution in [3.05, 3.63) is 0 Å². The summed E-state index contributed by atoms with van der Waals surface area (Å²) in [5.74, 6) is 0.803. The molecule has 0 aromatic heterocycles. The van der Waals surface area contributed by atoms with Crippen LogP contribution in [0.5, 0.6) is 0 Å². The molecule has 1 heterocycles. The van der Waals surface area contributed by atoms with Crippen LogP contribution < -0.4 is 5.73 Å². The van der Waals surface area contributed by atoms with E-state index < -0.39 is 0 Å². The third kappa shape index (κ3) is 3.74. The largest absolute Gasteiger partial charge is 0.381 e. The maximum atomic E-state index is 5.63. The Hall–Kier alpha value is -0.120. The molecule has 0 radical (unpaired) electrons. The van der Waals surface area contributed by atoms with Crippen molar-refractivity contribution in [3.63, 3.8) is 0 Å². The molecule has 2 N–H and O–H groups in total. The molecule has 1 saturated carbocycles. The van der Waals surface area contributed by atoms with E-state index in [4.69, 9.17) is 10.5 Å². The molecule has 15 heavy (non-hydrogen) atoms. The van der Waals surface area contributed by atoms with Gasteiger partial charge in [0.05, 0.1) is 0 Å². The second kappa shape index (κ2) is 5.83. The highest BCUT2D eigenvalue weighted by Crippen LogP contribution is 2.30. The molecule has 88 valence electrons. The highest BCUT2D eigenvalue weighted by atomic mass is 16.5. The third-order valence-electron chi connectivity index (χ3n) is 3.56. The van der Waals surface area contributed by atoms with Crippen LogP contribution in [0.15, 0.2) is 0 Å². The minimum atomic E-state index is 0.750. The van der Waals surface area contributed by atoms with Crippen LogP contribution in [-0.2, 0) is 4.74 Å². The summed E-state index contributed by atoms with van der Waals surface area (Å²) in [7, 11) is 0. The molecule has 0 aromatic carbocycles. The molecule has 3 nitrogen and oxygen atoms in total. The number of ether oxygens (including phenoxy) is 1. The number of nitrogens with two attached hydrogens (primary N) is 1. The Bertz CT molecular complexity index is 174. The second-order valence-electron chi connectivity index (χ2n) is 4.93. The van der Waals surface area contributed by atoms with Crippen LogP contribution in [0.2, 0.25) is 0 Å². The highest BCUT2D eigenvalue weighted by Gasteiger charge is 2.31. The van der Waals surface area contributed by atoms with Gasteiger partial charge < -0.3 is 15.4 Å². The average molecular weight is 212 g/mol. The topological polar surface area (TPSA) is 38.5 Å². The van der Waals surface area contributed by atoms with E-state index in [9.17, 15) is 0 Å². The smallest absolute Gasteiger partial charge is 0.0495 e. The molecule has 2 fully saturated rings. The Labute approximate surface area is 93.0 Å². The number of hydrogen-bond donors (Lipinski definition) is 1. The van der Waals surface area contributed by atoms with Gasteiger partial charge in [-0.3, -0.25) is 0 Å². The Morgan fingerprint density at radius 2 is 1.87 bits per heavy atom. The van der Waals surface area contributed by atoms with Gasteiger partial charge in [0.2, 0.25) is 0 Å². The number of rotatable bonds is 6. The van der Waals surface area contributed by atoms with Crippen LogP contribution in [0.4, 0.5) is 0 Å². The van der Waals surface area contributed by atoms with Crippen molar-refractivity contribution in [2.24, 2.45) is 11.7 Å². The third-order valence-corrected chi connectivity index (χ3v) is 3.56. The van der Waals surface area contributed by atoms with E-state index in [2.05, 4.69) is 4.90 Å². The molecular weight excluding hydrogens is 188 g/mol. The summed E-state index contributed by atoms with van der Waals surface area (Å²) in [6, 6.07) is 0.948. The fourth-order valence-electron chi connectivity index (χ4n) is 2.36. The first kappa shape index (κ1) is 11.4.